The Balaban J connectivity index is 3.12. The van der Waals surface area contributed by atoms with Gasteiger partial charge in [-0.3, -0.25) is 0 Å². The van der Waals surface area contributed by atoms with Gasteiger partial charge in [0, 0.05) is 5.56 Å². The molecule has 0 radical (unpaired) electrons. The largest absolute Gasteiger partial charge is 0.505 e. The van der Waals surface area contributed by atoms with Gasteiger partial charge in [-0.25, -0.2) is 9.18 Å². The molecule has 0 saturated heterocycles. The van der Waals surface area contributed by atoms with Gasteiger partial charge in [-0.2, -0.15) is 0 Å². The molecular weight excluding hydrogens is 215 g/mol. The lowest BCUT2D eigenvalue weighted by Crippen LogP contribution is -2.16. The fourth-order valence-corrected chi connectivity index (χ4v) is 1.37. The Hall–Kier alpha value is -1.62. The molecule has 0 aliphatic carbocycles. The topological polar surface area (TPSA) is 66.8 Å². The summed E-state index contributed by atoms with van der Waals surface area (Å²) in [5, 5.41) is 19.0. The van der Waals surface area contributed by atoms with Gasteiger partial charge in [0.25, 0.3) is 0 Å². The molecule has 0 aliphatic heterocycles. The minimum atomic E-state index is -1.67. The molecule has 88 valence electrons. The Morgan fingerprint density at radius 1 is 1.56 bits per heavy atom. The number of aliphatic hydroxyl groups is 1. The number of phenolic OH excluding ortho intramolecular Hbond substituents is 1. The minimum absolute atomic E-state index is 0.102. The van der Waals surface area contributed by atoms with Gasteiger partial charge in [-0.05, 0) is 25.5 Å². The lowest BCUT2D eigenvalue weighted by Gasteiger charge is -2.14. The zero-order valence-electron chi connectivity index (χ0n) is 9.03. The van der Waals surface area contributed by atoms with Crippen LogP contribution < -0.4 is 0 Å². The summed E-state index contributed by atoms with van der Waals surface area (Å²) in [7, 11) is 0. The Kier molecular flexibility index (Phi) is 3.84. The van der Waals surface area contributed by atoms with E-state index in [0.717, 1.165) is 6.07 Å². The van der Waals surface area contributed by atoms with E-state index < -0.39 is 23.6 Å². The maximum atomic E-state index is 13.1. The van der Waals surface area contributed by atoms with Crippen molar-refractivity contribution in [3.63, 3.8) is 0 Å². The molecule has 1 aromatic carbocycles. The maximum absolute atomic E-state index is 13.1. The zero-order valence-corrected chi connectivity index (χ0v) is 9.03. The summed E-state index contributed by atoms with van der Waals surface area (Å²) in [4.78, 5) is 11.3. The van der Waals surface area contributed by atoms with Crippen molar-refractivity contribution in [1.29, 1.82) is 0 Å². The summed E-state index contributed by atoms with van der Waals surface area (Å²) in [5.41, 5.74) is 0.262. The van der Waals surface area contributed by atoms with E-state index >= 15 is 0 Å². The van der Waals surface area contributed by atoms with Crippen LogP contribution in [0.2, 0.25) is 0 Å². The summed E-state index contributed by atoms with van der Waals surface area (Å²) in [5.74, 6) is -2.52. The van der Waals surface area contributed by atoms with Crippen molar-refractivity contribution < 1.29 is 24.1 Å². The van der Waals surface area contributed by atoms with Crippen LogP contribution in [0.15, 0.2) is 12.1 Å². The van der Waals surface area contributed by atoms with E-state index in [1.54, 1.807) is 13.8 Å². The second kappa shape index (κ2) is 4.94. The molecule has 2 N–H and O–H groups in total. The molecule has 0 bridgehead atoms. The van der Waals surface area contributed by atoms with E-state index in [0.29, 0.717) is 5.56 Å². The third-order valence-corrected chi connectivity index (χ3v) is 2.17. The SMILES string of the molecule is CCOC(=O)C(O)c1c(C)ccc(F)c1O. The van der Waals surface area contributed by atoms with Crippen molar-refractivity contribution in [3.05, 3.63) is 29.1 Å². The van der Waals surface area contributed by atoms with E-state index in [2.05, 4.69) is 4.74 Å². The molecule has 4 nitrogen and oxygen atoms in total. The minimum Gasteiger partial charge on any atom is -0.505 e. The normalized spacial score (nSPS) is 12.2. The highest BCUT2D eigenvalue weighted by Crippen LogP contribution is 2.30. The highest BCUT2D eigenvalue weighted by Gasteiger charge is 2.25. The number of ether oxygens (including phenoxy) is 1. The van der Waals surface area contributed by atoms with Crippen molar-refractivity contribution in [3.8, 4) is 5.75 Å². The number of benzene rings is 1. The number of esters is 1. The third-order valence-electron chi connectivity index (χ3n) is 2.17. The Bertz CT molecular complexity index is 403. The van der Waals surface area contributed by atoms with Gasteiger partial charge in [0.15, 0.2) is 17.7 Å². The predicted molar refractivity (Wildman–Crippen MR) is 54.4 cm³/mol. The molecule has 0 aliphatic rings. The van der Waals surface area contributed by atoms with Crippen LogP contribution in [0.25, 0.3) is 0 Å². The fraction of sp³-hybridized carbons (Fsp3) is 0.364. The van der Waals surface area contributed by atoms with Gasteiger partial charge < -0.3 is 14.9 Å². The van der Waals surface area contributed by atoms with Gasteiger partial charge in [0.05, 0.1) is 6.61 Å². The average Bonchev–Trinajstić information content (AvgIpc) is 2.24. The fourth-order valence-electron chi connectivity index (χ4n) is 1.37. The molecule has 16 heavy (non-hydrogen) atoms. The summed E-state index contributed by atoms with van der Waals surface area (Å²) >= 11 is 0. The van der Waals surface area contributed by atoms with E-state index in [1.807, 2.05) is 0 Å². The first-order chi connectivity index (χ1) is 7.49. The number of aromatic hydroxyl groups is 1. The van der Waals surface area contributed by atoms with E-state index in [-0.39, 0.29) is 12.2 Å². The summed E-state index contributed by atoms with van der Waals surface area (Å²) < 4.78 is 17.6. The highest BCUT2D eigenvalue weighted by molar-refractivity contribution is 5.77. The van der Waals surface area contributed by atoms with Crippen molar-refractivity contribution in [1.82, 2.24) is 0 Å². The number of phenols is 1. The van der Waals surface area contributed by atoms with Gasteiger partial charge in [-0.1, -0.05) is 6.07 Å². The van der Waals surface area contributed by atoms with Crippen LogP contribution in [-0.4, -0.2) is 22.8 Å². The molecule has 0 amide bonds. The van der Waals surface area contributed by atoms with Crippen LogP contribution in [0.3, 0.4) is 0 Å². The van der Waals surface area contributed by atoms with Crippen LogP contribution in [-0.2, 0) is 9.53 Å². The average molecular weight is 228 g/mol. The van der Waals surface area contributed by atoms with E-state index in [9.17, 15) is 19.4 Å². The number of aliphatic hydroxyl groups excluding tert-OH is 1. The van der Waals surface area contributed by atoms with Gasteiger partial charge in [0.1, 0.15) is 0 Å². The number of halogens is 1. The van der Waals surface area contributed by atoms with E-state index in [1.165, 1.54) is 6.07 Å². The zero-order chi connectivity index (χ0) is 12.3. The molecule has 0 heterocycles. The number of hydrogen-bond donors (Lipinski definition) is 2. The molecule has 0 aromatic heterocycles. The molecule has 0 saturated carbocycles. The van der Waals surface area contributed by atoms with Crippen LogP contribution >= 0.6 is 0 Å². The summed E-state index contributed by atoms with van der Waals surface area (Å²) in [6.07, 6.45) is -1.67. The van der Waals surface area contributed by atoms with Crippen molar-refractivity contribution in [2.45, 2.75) is 20.0 Å². The van der Waals surface area contributed by atoms with E-state index in [4.69, 9.17) is 0 Å². The molecule has 1 atom stereocenters. The molecule has 1 unspecified atom stereocenters. The second-order valence-corrected chi connectivity index (χ2v) is 3.28. The maximum Gasteiger partial charge on any atom is 0.339 e. The number of aryl methyl sites for hydroxylation is 1. The summed E-state index contributed by atoms with van der Waals surface area (Å²) in [6, 6.07) is 2.43. The Morgan fingerprint density at radius 3 is 2.75 bits per heavy atom. The first-order valence-corrected chi connectivity index (χ1v) is 4.81. The van der Waals surface area contributed by atoms with Gasteiger partial charge in [-0.15, -0.1) is 0 Å². The monoisotopic (exact) mass is 228 g/mol. The van der Waals surface area contributed by atoms with Gasteiger partial charge in [0.2, 0.25) is 0 Å². The van der Waals surface area contributed by atoms with Crippen LogP contribution in [0, 0.1) is 12.7 Å². The predicted octanol–water partition coefficient (Wildman–Crippen LogP) is 1.44. The lowest BCUT2D eigenvalue weighted by molar-refractivity contribution is -0.153. The van der Waals surface area contributed by atoms with Crippen molar-refractivity contribution in [2.75, 3.05) is 6.61 Å². The first-order valence-electron chi connectivity index (χ1n) is 4.81. The Labute approximate surface area is 92.3 Å². The van der Waals surface area contributed by atoms with Crippen molar-refractivity contribution in [2.24, 2.45) is 0 Å². The first kappa shape index (κ1) is 12.4. The third kappa shape index (κ3) is 2.30. The molecule has 1 rings (SSSR count). The molecule has 5 heteroatoms. The molecule has 0 spiro atoms. The number of rotatable bonds is 3. The number of carbonyl (C=O) groups excluding carboxylic acids is 1. The number of hydrogen-bond acceptors (Lipinski definition) is 4. The van der Waals surface area contributed by atoms with Crippen molar-refractivity contribution >= 4 is 5.97 Å². The van der Waals surface area contributed by atoms with Crippen LogP contribution in [0.4, 0.5) is 4.39 Å². The van der Waals surface area contributed by atoms with Gasteiger partial charge >= 0.3 is 5.97 Å². The van der Waals surface area contributed by atoms with Crippen LogP contribution in [0.5, 0.6) is 5.75 Å². The lowest BCUT2D eigenvalue weighted by atomic mass is 10.0. The second-order valence-electron chi connectivity index (χ2n) is 3.28. The quantitative estimate of drug-likeness (QED) is 0.768. The smallest absolute Gasteiger partial charge is 0.339 e. The highest BCUT2D eigenvalue weighted by atomic mass is 19.1. The molecule has 1 aromatic rings. The van der Waals surface area contributed by atoms with Crippen LogP contribution in [0.1, 0.15) is 24.2 Å². The summed E-state index contributed by atoms with van der Waals surface area (Å²) in [6.45, 7) is 3.24. The molecular formula is C11H13FO4. The standard InChI is InChI=1S/C11H13FO4/c1-3-16-11(15)10(14)8-6(2)4-5-7(12)9(8)13/h4-5,10,13-14H,3H2,1-2H3. The molecule has 0 fully saturated rings. The Morgan fingerprint density at radius 2 is 2.19 bits per heavy atom. The number of carbonyl (C=O) groups is 1.